The number of benzene rings is 1. The number of aromatic amines is 2. The molecule has 0 unspecified atom stereocenters. The van der Waals surface area contributed by atoms with Gasteiger partial charge in [0, 0.05) is 35.5 Å². The summed E-state index contributed by atoms with van der Waals surface area (Å²) in [5, 5.41) is 8.41. The molecule has 10 heteroatoms. The second-order valence-electron chi connectivity index (χ2n) is 9.43. The minimum absolute atomic E-state index is 0.298. The predicted molar refractivity (Wildman–Crippen MR) is 144 cm³/mol. The first kappa shape index (κ1) is 23.7. The Balaban J connectivity index is 1.38. The predicted octanol–water partition coefficient (Wildman–Crippen LogP) is 5.01. The molecule has 9 nitrogen and oxygen atoms in total. The Bertz CT molecular complexity index is 1750. The van der Waals surface area contributed by atoms with Gasteiger partial charge in [0.25, 0.3) is 0 Å². The molecule has 1 aromatic carbocycles. The highest BCUT2D eigenvalue weighted by Crippen LogP contribution is 2.33. The molecule has 0 fully saturated rings. The van der Waals surface area contributed by atoms with E-state index in [9.17, 15) is 4.39 Å². The molecule has 0 amide bonds. The third-order valence-electron chi connectivity index (χ3n) is 6.24. The molecule has 5 heterocycles. The van der Waals surface area contributed by atoms with Crippen LogP contribution in [0.2, 0.25) is 0 Å². The van der Waals surface area contributed by atoms with E-state index in [1.807, 2.05) is 39.2 Å². The van der Waals surface area contributed by atoms with Crippen molar-refractivity contribution in [3.05, 3.63) is 72.7 Å². The summed E-state index contributed by atoms with van der Waals surface area (Å²) in [6.07, 6.45) is 8.60. The van der Waals surface area contributed by atoms with Crippen molar-refractivity contribution >= 4 is 21.9 Å². The van der Waals surface area contributed by atoms with Gasteiger partial charge in [-0.2, -0.15) is 5.10 Å². The van der Waals surface area contributed by atoms with Crippen molar-refractivity contribution in [2.45, 2.75) is 6.92 Å². The van der Waals surface area contributed by atoms with E-state index >= 15 is 0 Å². The molecule has 190 valence electrons. The minimum atomic E-state index is -0.298. The molecule has 0 radical (unpaired) electrons. The van der Waals surface area contributed by atoms with Gasteiger partial charge in [0.15, 0.2) is 5.82 Å². The van der Waals surface area contributed by atoms with Crippen LogP contribution in [0.1, 0.15) is 5.56 Å². The second kappa shape index (κ2) is 9.64. The number of hydrogen-bond acceptors (Lipinski definition) is 7. The zero-order valence-electron chi connectivity index (χ0n) is 21.2. The lowest BCUT2D eigenvalue weighted by Crippen LogP contribution is -2.19. The molecule has 0 aliphatic heterocycles. The Labute approximate surface area is 217 Å². The third kappa shape index (κ3) is 4.57. The van der Waals surface area contributed by atoms with E-state index in [-0.39, 0.29) is 5.82 Å². The Morgan fingerprint density at radius 3 is 2.63 bits per heavy atom. The summed E-state index contributed by atoms with van der Waals surface area (Å²) < 4.78 is 20.0. The molecule has 0 atom stereocenters. The third-order valence-corrected chi connectivity index (χ3v) is 6.24. The van der Waals surface area contributed by atoms with E-state index in [2.05, 4.69) is 35.0 Å². The summed E-state index contributed by atoms with van der Waals surface area (Å²) in [5.74, 6) is 0.959. The van der Waals surface area contributed by atoms with Crippen LogP contribution in [0.15, 0.2) is 61.3 Å². The number of H-pyrrole nitrogens is 2. The molecule has 2 N–H and O–H groups in total. The van der Waals surface area contributed by atoms with Gasteiger partial charge in [-0.1, -0.05) is 6.07 Å². The fourth-order valence-electron chi connectivity index (χ4n) is 4.39. The van der Waals surface area contributed by atoms with E-state index in [1.54, 1.807) is 31.0 Å². The number of pyridine rings is 3. The van der Waals surface area contributed by atoms with E-state index in [0.29, 0.717) is 29.4 Å². The van der Waals surface area contributed by atoms with Gasteiger partial charge in [-0.15, -0.1) is 0 Å². The molecule has 6 rings (SSSR count). The number of ether oxygens (including phenoxy) is 1. The Kier molecular flexibility index (Phi) is 6.01. The molecule has 0 spiro atoms. The maximum absolute atomic E-state index is 14.1. The maximum atomic E-state index is 14.1. The number of rotatable bonds is 7. The number of aromatic nitrogens is 7. The van der Waals surface area contributed by atoms with Crippen LogP contribution in [-0.2, 0) is 0 Å². The van der Waals surface area contributed by atoms with Crippen LogP contribution in [-0.4, -0.2) is 67.3 Å². The fraction of sp³-hybridized carbons (Fsp3) is 0.179. The first-order valence-corrected chi connectivity index (χ1v) is 12.1. The highest BCUT2D eigenvalue weighted by molar-refractivity contribution is 5.97. The number of halogens is 1. The number of fused-ring (bicyclic) bond motifs is 2. The summed E-state index contributed by atoms with van der Waals surface area (Å²) in [6, 6.07) is 8.79. The summed E-state index contributed by atoms with van der Waals surface area (Å²) >= 11 is 0. The molecule has 38 heavy (non-hydrogen) atoms. The van der Waals surface area contributed by atoms with Gasteiger partial charge >= 0.3 is 0 Å². The molecule has 0 bridgehead atoms. The summed E-state index contributed by atoms with van der Waals surface area (Å²) in [4.78, 5) is 23.5. The van der Waals surface area contributed by atoms with Crippen molar-refractivity contribution in [1.29, 1.82) is 0 Å². The highest BCUT2D eigenvalue weighted by atomic mass is 19.1. The Morgan fingerprint density at radius 2 is 1.79 bits per heavy atom. The molecule has 0 aliphatic rings. The smallest absolute Gasteiger partial charge is 0.159 e. The van der Waals surface area contributed by atoms with Crippen molar-refractivity contribution in [2.24, 2.45) is 0 Å². The maximum Gasteiger partial charge on any atom is 0.159 e. The van der Waals surface area contributed by atoms with Crippen molar-refractivity contribution in [3.8, 4) is 39.7 Å². The summed E-state index contributed by atoms with van der Waals surface area (Å²) in [6.45, 7) is 3.23. The molecule has 0 saturated carbocycles. The van der Waals surface area contributed by atoms with E-state index in [0.717, 1.165) is 50.9 Å². The molecule has 0 saturated heterocycles. The van der Waals surface area contributed by atoms with Crippen LogP contribution in [0.5, 0.6) is 5.75 Å². The highest BCUT2D eigenvalue weighted by Gasteiger charge is 2.17. The van der Waals surface area contributed by atoms with Crippen LogP contribution in [0.4, 0.5) is 4.39 Å². The van der Waals surface area contributed by atoms with E-state index < -0.39 is 0 Å². The normalized spacial score (nSPS) is 11.6. The van der Waals surface area contributed by atoms with E-state index in [4.69, 9.17) is 9.72 Å². The van der Waals surface area contributed by atoms with Gasteiger partial charge in [-0.3, -0.25) is 20.1 Å². The minimum Gasteiger partial charge on any atom is -0.491 e. The van der Waals surface area contributed by atoms with Crippen molar-refractivity contribution < 1.29 is 9.13 Å². The lowest BCUT2D eigenvalue weighted by Gasteiger charge is -2.11. The molecule has 6 aromatic rings. The number of imidazole rings is 1. The van der Waals surface area contributed by atoms with Gasteiger partial charge in [0.1, 0.15) is 23.9 Å². The zero-order chi connectivity index (χ0) is 26.2. The molecule has 5 aromatic heterocycles. The van der Waals surface area contributed by atoms with Gasteiger partial charge in [-0.25, -0.2) is 9.37 Å². The van der Waals surface area contributed by atoms with Gasteiger partial charge < -0.3 is 14.6 Å². The lowest BCUT2D eigenvalue weighted by molar-refractivity contribution is 0.261. The van der Waals surface area contributed by atoms with Crippen molar-refractivity contribution in [3.63, 3.8) is 0 Å². The fourth-order valence-corrected chi connectivity index (χ4v) is 4.39. The Hall–Kier alpha value is -4.70. The van der Waals surface area contributed by atoms with Crippen molar-refractivity contribution in [2.75, 3.05) is 27.2 Å². The zero-order valence-corrected chi connectivity index (χ0v) is 21.2. The van der Waals surface area contributed by atoms with Gasteiger partial charge in [0.05, 0.1) is 40.8 Å². The van der Waals surface area contributed by atoms with Crippen LogP contribution in [0.3, 0.4) is 0 Å². The van der Waals surface area contributed by atoms with E-state index in [1.165, 1.54) is 12.1 Å². The van der Waals surface area contributed by atoms with Crippen LogP contribution in [0, 0.1) is 12.7 Å². The van der Waals surface area contributed by atoms with Crippen LogP contribution < -0.4 is 4.74 Å². The van der Waals surface area contributed by atoms with Crippen molar-refractivity contribution in [1.82, 2.24) is 40.0 Å². The van der Waals surface area contributed by atoms with Gasteiger partial charge in [0.2, 0.25) is 0 Å². The number of nitrogens with one attached hydrogen (secondary N) is 2. The van der Waals surface area contributed by atoms with Crippen LogP contribution >= 0.6 is 0 Å². The number of aryl methyl sites for hydroxylation is 1. The average Bonchev–Trinajstić information content (AvgIpc) is 3.51. The lowest BCUT2D eigenvalue weighted by atomic mass is 10.0. The standard InChI is InChI=1S/C28H25FN8O/c1-16-6-17(8-19(29)7-16)22-13-31-14-25-26(22)34-28(33-25)27-21-10-23(32-15-24(21)35-36-27)18-9-20(12-30-11-18)38-5-4-37(2)3/h6-15H,4-5H2,1-3H3,(H,33,34)(H,35,36). The molecular weight excluding hydrogens is 483 g/mol. The van der Waals surface area contributed by atoms with Crippen LogP contribution in [0.25, 0.3) is 55.8 Å². The summed E-state index contributed by atoms with van der Waals surface area (Å²) in [5.41, 5.74) is 6.70. The molecular formula is C28H25FN8O. The largest absolute Gasteiger partial charge is 0.491 e. The first-order valence-electron chi connectivity index (χ1n) is 12.1. The average molecular weight is 509 g/mol. The molecule has 0 aliphatic carbocycles. The number of nitrogens with zero attached hydrogens (tertiary/aromatic N) is 6. The number of likely N-dealkylation sites (N-methyl/N-ethyl adjacent to an activating group) is 1. The topological polar surface area (TPSA) is 108 Å². The second-order valence-corrected chi connectivity index (χ2v) is 9.43. The number of hydrogen-bond donors (Lipinski definition) is 2. The monoisotopic (exact) mass is 508 g/mol. The quantitative estimate of drug-likeness (QED) is 0.312. The van der Waals surface area contributed by atoms with Gasteiger partial charge in [-0.05, 0) is 56.4 Å². The summed E-state index contributed by atoms with van der Waals surface area (Å²) in [7, 11) is 4.00. The Morgan fingerprint density at radius 1 is 0.921 bits per heavy atom. The SMILES string of the molecule is Cc1cc(F)cc(-c2cncc3[nH]c(-c4n[nH]c5cnc(-c6cncc(OCCN(C)C)c6)cc45)nc23)c1. The first-order chi connectivity index (χ1) is 18.4.